The molecule has 1 aliphatic heterocycles. The molecule has 3 rings (SSSR count). The monoisotopic (exact) mass is 350 g/mol. The van der Waals surface area contributed by atoms with Gasteiger partial charge in [-0.2, -0.15) is 0 Å². The fourth-order valence-corrected chi connectivity index (χ4v) is 3.04. The second-order valence-electron chi connectivity index (χ2n) is 4.94. The SMILES string of the molecule is COc1cc([C@H]2Oc3ccc(Br)cc3[C@@H]2CO)ccc1O. The highest BCUT2D eigenvalue weighted by Gasteiger charge is 2.35. The highest BCUT2D eigenvalue weighted by molar-refractivity contribution is 9.10. The van der Waals surface area contributed by atoms with E-state index in [9.17, 15) is 10.2 Å². The Morgan fingerprint density at radius 2 is 2.05 bits per heavy atom. The maximum Gasteiger partial charge on any atom is 0.160 e. The maximum atomic E-state index is 9.74. The number of methoxy groups -OCH3 is 1. The number of hydrogen-bond acceptors (Lipinski definition) is 4. The van der Waals surface area contributed by atoms with Crippen LogP contribution >= 0.6 is 15.9 Å². The molecule has 21 heavy (non-hydrogen) atoms. The first kappa shape index (κ1) is 14.2. The van der Waals surface area contributed by atoms with Crippen molar-refractivity contribution >= 4 is 15.9 Å². The van der Waals surface area contributed by atoms with E-state index in [0.29, 0.717) is 5.75 Å². The Morgan fingerprint density at radius 3 is 2.76 bits per heavy atom. The molecule has 2 aromatic rings. The first-order valence-corrected chi connectivity index (χ1v) is 7.37. The van der Waals surface area contributed by atoms with Crippen molar-refractivity contribution in [2.45, 2.75) is 12.0 Å². The lowest BCUT2D eigenvalue weighted by atomic mass is 9.92. The molecular weight excluding hydrogens is 336 g/mol. The van der Waals surface area contributed by atoms with E-state index >= 15 is 0 Å². The Bertz CT molecular complexity index is 671. The molecule has 0 amide bonds. The zero-order chi connectivity index (χ0) is 15.0. The van der Waals surface area contributed by atoms with Crippen LogP contribution in [0.5, 0.6) is 17.2 Å². The molecule has 2 atom stereocenters. The zero-order valence-electron chi connectivity index (χ0n) is 11.4. The van der Waals surface area contributed by atoms with Gasteiger partial charge in [0.1, 0.15) is 11.9 Å². The van der Waals surface area contributed by atoms with Crippen molar-refractivity contribution in [3.05, 3.63) is 52.0 Å². The van der Waals surface area contributed by atoms with Gasteiger partial charge in [-0.25, -0.2) is 0 Å². The minimum absolute atomic E-state index is 0.0166. The Balaban J connectivity index is 2.01. The molecule has 0 saturated heterocycles. The lowest BCUT2D eigenvalue weighted by Gasteiger charge is -2.18. The normalized spacial score (nSPS) is 20.0. The Hall–Kier alpha value is -1.72. The largest absolute Gasteiger partial charge is 0.504 e. The molecule has 1 aliphatic rings. The van der Waals surface area contributed by atoms with E-state index in [1.807, 2.05) is 18.2 Å². The van der Waals surface area contributed by atoms with Crippen LogP contribution in [0.15, 0.2) is 40.9 Å². The van der Waals surface area contributed by atoms with Crippen LogP contribution in [0.2, 0.25) is 0 Å². The van der Waals surface area contributed by atoms with E-state index in [4.69, 9.17) is 9.47 Å². The molecule has 4 nitrogen and oxygen atoms in total. The van der Waals surface area contributed by atoms with E-state index in [2.05, 4.69) is 15.9 Å². The lowest BCUT2D eigenvalue weighted by Crippen LogP contribution is -2.13. The highest BCUT2D eigenvalue weighted by atomic mass is 79.9. The van der Waals surface area contributed by atoms with Crippen molar-refractivity contribution in [1.29, 1.82) is 0 Å². The van der Waals surface area contributed by atoms with Crippen LogP contribution in [0, 0.1) is 0 Å². The van der Waals surface area contributed by atoms with Crippen molar-refractivity contribution < 1.29 is 19.7 Å². The minimum atomic E-state index is -0.297. The van der Waals surface area contributed by atoms with Gasteiger partial charge < -0.3 is 19.7 Å². The Morgan fingerprint density at radius 1 is 1.24 bits per heavy atom. The molecule has 1 heterocycles. The Labute approximate surface area is 131 Å². The Kier molecular flexibility index (Phi) is 3.78. The van der Waals surface area contributed by atoms with Crippen LogP contribution in [-0.2, 0) is 0 Å². The minimum Gasteiger partial charge on any atom is -0.504 e. The summed E-state index contributed by atoms with van der Waals surface area (Å²) in [6.07, 6.45) is -0.297. The van der Waals surface area contributed by atoms with Crippen LogP contribution < -0.4 is 9.47 Å². The number of hydrogen-bond donors (Lipinski definition) is 2. The third kappa shape index (κ3) is 2.47. The molecular formula is C16H15BrO4. The lowest BCUT2D eigenvalue weighted by molar-refractivity contribution is 0.159. The average Bonchev–Trinajstić information content (AvgIpc) is 2.85. The van der Waals surface area contributed by atoms with Crippen LogP contribution in [0.1, 0.15) is 23.1 Å². The van der Waals surface area contributed by atoms with Gasteiger partial charge >= 0.3 is 0 Å². The summed E-state index contributed by atoms with van der Waals surface area (Å²) < 4.78 is 12.1. The molecule has 0 fully saturated rings. The predicted molar refractivity (Wildman–Crippen MR) is 82.0 cm³/mol. The number of aromatic hydroxyl groups is 1. The van der Waals surface area contributed by atoms with Gasteiger partial charge in [0.05, 0.1) is 19.6 Å². The molecule has 0 radical (unpaired) electrons. The summed E-state index contributed by atoms with van der Waals surface area (Å²) in [5, 5.41) is 19.4. The topological polar surface area (TPSA) is 58.9 Å². The van der Waals surface area contributed by atoms with Crippen LogP contribution in [-0.4, -0.2) is 23.9 Å². The van der Waals surface area contributed by atoms with E-state index in [1.54, 1.807) is 18.2 Å². The molecule has 0 aromatic heterocycles. The van der Waals surface area contributed by atoms with Gasteiger partial charge in [-0.1, -0.05) is 22.0 Å². The van der Waals surface area contributed by atoms with Gasteiger partial charge in [0.2, 0.25) is 0 Å². The first-order valence-electron chi connectivity index (χ1n) is 6.58. The number of phenolic OH excluding ortho intramolecular Hbond substituents is 1. The fraction of sp³-hybridized carbons (Fsp3) is 0.250. The quantitative estimate of drug-likeness (QED) is 0.890. The van der Waals surface area contributed by atoms with Gasteiger partial charge in [0.15, 0.2) is 11.5 Å². The maximum absolute atomic E-state index is 9.74. The fourth-order valence-electron chi connectivity index (χ4n) is 2.66. The van der Waals surface area contributed by atoms with Crippen LogP contribution in [0.4, 0.5) is 0 Å². The summed E-state index contributed by atoms with van der Waals surface area (Å²) >= 11 is 3.44. The number of aliphatic hydroxyl groups is 1. The number of benzene rings is 2. The number of aliphatic hydroxyl groups excluding tert-OH is 1. The number of halogens is 1. The summed E-state index contributed by atoms with van der Waals surface area (Å²) in [5.41, 5.74) is 1.83. The van der Waals surface area contributed by atoms with Gasteiger partial charge in [0.25, 0.3) is 0 Å². The summed E-state index contributed by atoms with van der Waals surface area (Å²) in [5.74, 6) is 1.10. The summed E-state index contributed by atoms with van der Waals surface area (Å²) in [6.45, 7) is -0.0166. The third-order valence-corrected chi connectivity index (χ3v) is 4.21. The smallest absolute Gasteiger partial charge is 0.160 e. The summed E-state index contributed by atoms with van der Waals surface area (Å²) in [7, 11) is 1.50. The number of rotatable bonds is 3. The van der Waals surface area contributed by atoms with Gasteiger partial charge in [-0.3, -0.25) is 0 Å². The van der Waals surface area contributed by atoms with Gasteiger partial charge in [-0.05, 0) is 35.9 Å². The molecule has 110 valence electrons. The van der Waals surface area contributed by atoms with E-state index in [1.165, 1.54) is 7.11 Å². The highest BCUT2D eigenvalue weighted by Crippen LogP contribution is 2.47. The molecule has 0 spiro atoms. The molecule has 5 heteroatoms. The van der Waals surface area contributed by atoms with Crippen molar-refractivity contribution in [3.8, 4) is 17.2 Å². The first-order chi connectivity index (χ1) is 10.1. The standard InChI is InChI=1S/C16H15BrO4/c1-20-15-6-9(2-4-13(15)19)16-12(8-18)11-7-10(17)3-5-14(11)21-16/h2-7,12,16,18-19H,8H2,1H3/t12-,16+/m0/s1. The second-order valence-corrected chi connectivity index (χ2v) is 5.86. The van der Waals surface area contributed by atoms with Crippen molar-refractivity contribution in [2.24, 2.45) is 0 Å². The van der Waals surface area contributed by atoms with Crippen LogP contribution in [0.25, 0.3) is 0 Å². The number of fused-ring (bicyclic) bond motifs is 1. The van der Waals surface area contributed by atoms with E-state index in [0.717, 1.165) is 21.3 Å². The third-order valence-electron chi connectivity index (χ3n) is 3.72. The van der Waals surface area contributed by atoms with Crippen molar-refractivity contribution in [2.75, 3.05) is 13.7 Å². The average molecular weight is 351 g/mol. The summed E-state index contributed by atoms with van der Waals surface area (Å²) in [4.78, 5) is 0. The molecule has 0 bridgehead atoms. The molecule has 0 aliphatic carbocycles. The molecule has 2 N–H and O–H groups in total. The van der Waals surface area contributed by atoms with Gasteiger partial charge in [-0.15, -0.1) is 0 Å². The van der Waals surface area contributed by atoms with E-state index < -0.39 is 0 Å². The zero-order valence-corrected chi connectivity index (χ0v) is 13.0. The number of ether oxygens (including phenoxy) is 2. The van der Waals surface area contributed by atoms with Crippen molar-refractivity contribution in [3.63, 3.8) is 0 Å². The van der Waals surface area contributed by atoms with Crippen LogP contribution in [0.3, 0.4) is 0 Å². The van der Waals surface area contributed by atoms with E-state index in [-0.39, 0.29) is 24.4 Å². The molecule has 2 aromatic carbocycles. The second kappa shape index (κ2) is 5.58. The predicted octanol–water partition coefficient (Wildman–Crippen LogP) is 3.37. The van der Waals surface area contributed by atoms with Gasteiger partial charge in [0, 0.05) is 10.0 Å². The number of phenols is 1. The summed E-state index contributed by atoms with van der Waals surface area (Å²) in [6, 6.07) is 10.9. The van der Waals surface area contributed by atoms with Crippen molar-refractivity contribution in [1.82, 2.24) is 0 Å². The molecule has 0 unspecified atom stereocenters. The molecule has 0 saturated carbocycles.